The highest BCUT2D eigenvalue weighted by Crippen LogP contribution is 2.12. The Labute approximate surface area is 296 Å². The van der Waals surface area contributed by atoms with E-state index in [0.29, 0.717) is 12.8 Å². The van der Waals surface area contributed by atoms with Crippen molar-refractivity contribution in [2.75, 3.05) is 13.2 Å². The summed E-state index contributed by atoms with van der Waals surface area (Å²) in [6, 6.07) is 0. The topological polar surface area (TPSA) is 72.8 Å². The van der Waals surface area contributed by atoms with Crippen molar-refractivity contribution < 1.29 is 24.2 Å². The lowest BCUT2D eigenvalue weighted by atomic mass is 10.1. The standard InChI is InChI=1S/C43H74O5/c1-3-5-7-9-11-13-15-17-19-21-23-25-27-29-31-33-35-37-42(45)47-40-41(39-44)48-43(46)38-36-34-32-30-28-26-24-22-20-18-16-14-12-10-8-6-4-2/h6,8,12,14,17-20,24,26,41,44H,3-5,7,9-11,13,15-16,21-23,25,27-40H2,1-2H3/b8-6-,14-12-,19-17-,20-18-,26-24-/t41-/m0/s1. The summed E-state index contributed by atoms with van der Waals surface area (Å²) in [5, 5.41) is 9.55. The molecule has 0 heterocycles. The molecule has 0 aliphatic carbocycles. The average molecular weight is 671 g/mol. The molecule has 0 aromatic heterocycles. The van der Waals surface area contributed by atoms with Gasteiger partial charge in [-0.1, -0.05) is 152 Å². The van der Waals surface area contributed by atoms with E-state index in [1.165, 1.54) is 77.0 Å². The van der Waals surface area contributed by atoms with E-state index >= 15 is 0 Å². The lowest BCUT2D eigenvalue weighted by Gasteiger charge is -2.15. The summed E-state index contributed by atoms with van der Waals surface area (Å²) in [6.07, 6.45) is 49.9. The molecule has 0 bridgehead atoms. The van der Waals surface area contributed by atoms with Crippen molar-refractivity contribution in [1.82, 2.24) is 0 Å². The number of carbonyl (C=O) groups is 2. The van der Waals surface area contributed by atoms with Gasteiger partial charge in [0.25, 0.3) is 0 Å². The van der Waals surface area contributed by atoms with Crippen molar-refractivity contribution in [3.8, 4) is 0 Å². The molecule has 0 amide bonds. The van der Waals surface area contributed by atoms with Gasteiger partial charge in [-0.3, -0.25) is 9.59 Å². The van der Waals surface area contributed by atoms with E-state index in [1.807, 2.05) is 0 Å². The van der Waals surface area contributed by atoms with Crippen molar-refractivity contribution in [2.24, 2.45) is 0 Å². The Balaban J connectivity index is 3.62. The van der Waals surface area contributed by atoms with Gasteiger partial charge in [0.05, 0.1) is 6.61 Å². The van der Waals surface area contributed by atoms with Gasteiger partial charge in [-0.05, 0) is 77.0 Å². The molecule has 1 atom stereocenters. The molecule has 0 aliphatic rings. The Morgan fingerprint density at radius 2 is 0.896 bits per heavy atom. The van der Waals surface area contributed by atoms with Crippen molar-refractivity contribution >= 4 is 11.9 Å². The van der Waals surface area contributed by atoms with E-state index in [2.05, 4.69) is 74.6 Å². The maximum absolute atomic E-state index is 12.2. The normalized spacial score (nSPS) is 12.8. The number of aliphatic hydroxyl groups excluding tert-OH is 1. The van der Waals surface area contributed by atoms with Crippen LogP contribution in [0.25, 0.3) is 0 Å². The molecule has 276 valence electrons. The summed E-state index contributed by atoms with van der Waals surface area (Å²) in [5.74, 6) is -0.626. The Kier molecular flexibility index (Phi) is 37.1. The minimum absolute atomic E-state index is 0.0800. The van der Waals surface area contributed by atoms with Gasteiger partial charge >= 0.3 is 11.9 Å². The second-order valence-electron chi connectivity index (χ2n) is 13.0. The number of rotatable bonds is 35. The Hall–Kier alpha value is -2.40. The first kappa shape index (κ1) is 45.6. The number of ether oxygens (including phenoxy) is 2. The number of esters is 2. The first-order chi connectivity index (χ1) is 23.6. The predicted molar refractivity (Wildman–Crippen MR) is 205 cm³/mol. The molecular formula is C43H74O5. The largest absolute Gasteiger partial charge is 0.462 e. The highest BCUT2D eigenvalue weighted by Gasteiger charge is 2.16. The molecule has 0 saturated carbocycles. The Morgan fingerprint density at radius 1 is 0.500 bits per heavy atom. The van der Waals surface area contributed by atoms with Gasteiger partial charge in [0.2, 0.25) is 0 Å². The number of carbonyl (C=O) groups excluding carboxylic acids is 2. The molecule has 0 unspecified atom stereocenters. The van der Waals surface area contributed by atoms with E-state index in [1.54, 1.807) is 0 Å². The van der Waals surface area contributed by atoms with Crippen LogP contribution in [0.15, 0.2) is 60.8 Å². The highest BCUT2D eigenvalue weighted by atomic mass is 16.6. The molecule has 0 rings (SSSR count). The molecule has 0 spiro atoms. The van der Waals surface area contributed by atoms with E-state index in [4.69, 9.17) is 9.47 Å². The zero-order valence-corrected chi connectivity index (χ0v) is 31.2. The zero-order valence-electron chi connectivity index (χ0n) is 31.2. The lowest BCUT2D eigenvalue weighted by molar-refractivity contribution is -0.161. The fraction of sp³-hybridized carbons (Fsp3) is 0.721. The van der Waals surface area contributed by atoms with Gasteiger partial charge in [0.1, 0.15) is 6.61 Å². The van der Waals surface area contributed by atoms with Crippen molar-refractivity contribution in [2.45, 2.75) is 187 Å². The summed E-state index contributed by atoms with van der Waals surface area (Å²) in [7, 11) is 0. The van der Waals surface area contributed by atoms with Crippen LogP contribution >= 0.6 is 0 Å². The summed E-state index contributed by atoms with van der Waals surface area (Å²) in [5.41, 5.74) is 0. The molecule has 0 aromatic rings. The first-order valence-electron chi connectivity index (χ1n) is 19.8. The SMILES string of the molecule is CC/C=C\C/C=C\C/C=C\C/C=C\CCCCCCC(=O)O[C@@H](CO)COC(=O)CCCCCCCCC/C=C\CCCCCCCC. The van der Waals surface area contributed by atoms with Gasteiger partial charge in [0.15, 0.2) is 6.10 Å². The van der Waals surface area contributed by atoms with E-state index in [-0.39, 0.29) is 25.2 Å². The van der Waals surface area contributed by atoms with Crippen LogP contribution < -0.4 is 0 Å². The quantitative estimate of drug-likeness (QED) is 0.0413. The summed E-state index contributed by atoms with van der Waals surface area (Å²) in [4.78, 5) is 24.3. The lowest BCUT2D eigenvalue weighted by Crippen LogP contribution is -2.28. The van der Waals surface area contributed by atoms with Crippen LogP contribution in [-0.2, 0) is 19.1 Å². The second-order valence-corrected chi connectivity index (χ2v) is 13.0. The van der Waals surface area contributed by atoms with Crippen LogP contribution in [0.1, 0.15) is 181 Å². The zero-order chi connectivity index (χ0) is 35.0. The number of hydrogen-bond donors (Lipinski definition) is 1. The minimum Gasteiger partial charge on any atom is -0.462 e. The van der Waals surface area contributed by atoms with Crippen LogP contribution in [0.3, 0.4) is 0 Å². The molecule has 0 radical (unpaired) electrons. The van der Waals surface area contributed by atoms with Crippen LogP contribution in [-0.4, -0.2) is 36.4 Å². The van der Waals surface area contributed by atoms with Crippen LogP contribution in [0.4, 0.5) is 0 Å². The maximum atomic E-state index is 12.2. The van der Waals surface area contributed by atoms with Gasteiger partial charge < -0.3 is 14.6 Å². The smallest absolute Gasteiger partial charge is 0.306 e. The fourth-order valence-electron chi connectivity index (χ4n) is 5.30. The average Bonchev–Trinajstić information content (AvgIpc) is 3.09. The Bertz CT molecular complexity index is 853. The van der Waals surface area contributed by atoms with Crippen molar-refractivity contribution in [3.05, 3.63) is 60.8 Å². The van der Waals surface area contributed by atoms with E-state index in [0.717, 1.165) is 77.0 Å². The first-order valence-corrected chi connectivity index (χ1v) is 19.8. The molecule has 0 aliphatic heterocycles. The molecule has 48 heavy (non-hydrogen) atoms. The maximum Gasteiger partial charge on any atom is 0.306 e. The van der Waals surface area contributed by atoms with Crippen molar-refractivity contribution in [3.63, 3.8) is 0 Å². The molecular weight excluding hydrogens is 596 g/mol. The minimum atomic E-state index is -0.787. The third-order valence-electron chi connectivity index (χ3n) is 8.30. The van der Waals surface area contributed by atoms with Crippen LogP contribution in [0, 0.1) is 0 Å². The van der Waals surface area contributed by atoms with E-state index < -0.39 is 6.10 Å². The van der Waals surface area contributed by atoms with Gasteiger partial charge in [-0.2, -0.15) is 0 Å². The second kappa shape index (κ2) is 39.0. The molecule has 0 aromatic carbocycles. The Morgan fingerprint density at radius 3 is 1.38 bits per heavy atom. The summed E-state index contributed by atoms with van der Waals surface area (Å²) in [6.45, 7) is 3.99. The number of allylic oxidation sites excluding steroid dienone is 10. The number of unbranched alkanes of at least 4 members (excludes halogenated alkanes) is 17. The van der Waals surface area contributed by atoms with Gasteiger partial charge in [-0.15, -0.1) is 0 Å². The third-order valence-corrected chi connectivity index (χ3v) is 8.30. The molecule has 0 fully saturated rings. The summed E-state index contributed by atoms with van der Waals surface area (Å²) < 4.78 is 10.6. The third kappa shape index (κ3) is 36.4. The highest BCUT2D eigenvalue weighted by molar-refractivity contribution is 5.70. The molecule has 5 heteroatoms. The predicted octanol–water partition coefficient (Wildman–Crippen LogP) is 12.4. The number of aliphatic hydroxyl groups is 1. The molecule has 5 nitrogen and oxygen atoms in total. The van der Waals surface area contributed by atoms with Gasteiger partial charge in [-0.25, -0.2) is 0 Å². The van der Waals surface area contributed by atoms with Gasteiger partial charge in [0, 0.05) is 12.8 Å². The van der Waals surface area contributed by atoms with E-state index in [9.17, 15) is 14.7 Å². The van der Waals surface area contributed by atoms with Crippen molar-refractivity contribution in [1.29, 1.82) is 0 Å². The molecule has 1 N–H and O–H groups in total. The summed E-state index contributed by atoms with van der Waals surface area (Å²) >= 11 is 0. The molecule has 0 saturated heterocycles. The number of hydrogen-bond acceptors (Lipinski definition) is 5. The monoisotopic (exact) mass is 671 g/mol. The van der Waals surface area contributed by atoms with Crippen LogP contribution in [0.2, 0.25) is 0 Å². The van der Waals surface area contributed by atoms with Crippen LogP contribution in [0.5, 0.6) is 0 Å². The fourth-order valence-corrected chi connectivity index (χ4v) is 5.30.